The fourth-order valence-electron chi connectivity index (χ4n) is 4.92. The minimum atomic E-state index is -0.411. The van der Waals surface area contributed by atoms with Gasteiger partial charge in [-0.15, -0.1) is 0 Å². The Kier molecular flexibility index (Phi) is 6.82. The van der Waals surface area contributed by atoms with Gasteiger partial charge >= 0.3 is 0 Å². The topological polar surface area (TPSA) is 47.0 Å². The quantitative estimate of drug-likeness (QED) is 0.800. The minimum Gasteiger partial charge on any atom is -0.392 e. The van der Waals surface area contributed by atoms with Gasteiger partial charge in [-0.25, -0.2) is 0 Å². The number of hydrogen-bond acceptors (Lipinski definition) is 4. The Morgan fingerprint density at radius 2 is 1.60 bits per heavy atom. The summed E-state index contributed by atoms with van der Waals surface area (Å²) in [5.41, 5.74) is 2.48. The van der Waals surface area contributed by atoms with Crippen molar-refractivity contribution in [1.29, 1.82) is 0 Å². The molecule has 1 amide bonds. The van der Waals surface area contributed by atoms with E-state index in [0.29, 0.717) is 25.6 Å². The van der Waals surface area contributed by atoms with E-state index in [1.54, 1.807) is 0 Å². The average Bonchev–Trinajstić information content (AvgIpc) is 3.17. The van der Waals surface area contributed by atoms with E-state index in [9.17, 15) is 9.90 Å². The second-order valence-electron chi connectivity index (χ2n) is 8.77. The molecule has 160 valence electrons. The van der Waals surface area contributed by atoms with Crippen molar-refractivity contribution in [3.8, 4) is 0 Å². The van der Waals surface area contributed by atoms with Crippen molar-refractivity contribution in [2.45, 2.75) is 50.5 Å². The second kappa shape index (κ2) is 9.73. The van der Waals surface area contributed by atoms with Gasteiger partial charge in [0.2, 0.25) is 5.91 Å². The number of rotatable bonds is 6. The van der Waals surface area contributed by atoms with E-state index in [0.717, 1.165) is 38.0 Å². The summed E-state index contributed by atoms with van der Waals surface area (Å²) in [7, 11) is 1.88. The molecule has 2 aliphatic rings. The van der Waals surface area contributed by atoms with Gasteiger partial charge in [0, 0.05) is 32.7 Å². The highest BCUT2D eigenvalue weighted by molar-refractivity contribution is 5.82. The minimum absolute atomic E-state index is 0.127. The van der Waals surface area contributed by atoms with Crippen LogP contribution in [-0.4, -0.2) is 70.6 Å². The number of β-amino-alcohol motifs (C(OH)–C–C–N with tert-alkyl or cyclic N) is 1. The fraction of sp³-hybridized carbons (Fsp3) is 0.480. The molecule has 0 aromatic heterocycles. The summed E-state index contributed by atoms with van der Waals surface area (Å²) in [6.45, 7) is 4.27. The Hall–Kier alpha value is -2.21. The van der Waals surface area contributed by atoms with Crippen molar-refractivity contribution in [3.63, 3.8) is 0 Å². The van der Waals surface area contributed by atoms with Crippen molar-refractivity contribution in [2.24, 2.45) is 0 Å². The smallest absolute Gasteiger partial charge is 0.240 e. The summed E-state index contributed by atoms with van der Waals surface area (Å²) in [5.74, 6) is 0.127. The maximum Gasteiger partial charge on any atom is 0.240 e. The highest BCUT2D eigenvalue weighted by Gasteiger charge is 2.41. The van der Waals surface area contributed by atoms with Crippen LogP contribution in [0.2, 0.25) is 0 Å². The Balaban J connectivity index is 1.34. The molecule has 0 saturated carbocycles. The third-order valence-electron chi connectivity index (χ3n) is 6.52. The molecule has 1 N–H and O–H groups in total. The lowest BCUT2D eigenvalue weighted by molar-refractivity contribution is -0.136. The molecule has 0 unspecified atom stereocenters. The van der Waals surface area contributed by atoms with Gasteiger partial charge in [0.15, 0.2) is 0 Å². The van der Waals surface area contributed by atoms with Crippen LogP contribution in [0.25, 0.3) is 0 Å². The lowest BCUT2D eigenvalue weighted by Crippen LogP contribution is -2.51. The van der Waals surface area contributed by atoms with E-state index >= 15 is 0 Å². The normalized spacial score (nSPS) is 23.5. The summed E-state index contributed by atoms with van der Waals surface area (Å²) in [6.07, 6.45) is 2.23. The van der Waals surface area contributed by atoms with Gasteiger partial charge < -0.3 is 10.0 Å². The van der Waals surface area contributed by atoms with Crippen molar-refractivity contribution >= 4 is 5.91 Å². The Bertz CT molecular complexity index is 806. The first-order valence-electron chi connectivity index (χ1n) is 11.1. The highest BCUT2D eigenvalue weighted by atomic mass is 16.3. The van der Waals surface area contributed by atoms with Crippen LogP contribution >= 0.6 is 0 Å². The SMILES string of the molecule is CN(Cc1ccccc1)C(=O)[C@@H]1C[C@@H](O)CN1C1CCN(Cc2ccccc2)CC1. The van der Waals surface area contributed by atoms with Gasteiger partial charge in [0.05, 0.1) is 12.1 Å². The molecule has 2 aromatic rings. The van der Waals surface area contributed by atoms with Gasteiger partial charge in [-0.2, -0.15) is 0 Å². The molecule has 2 aliphatic heterocycles. The number of aliphatic hydroxyl groups is 1. The van der Waals surface area contributed by atoms with Crippen LogP contribution in [0, 0.1) is 0 Å². The van der Waals surface area contributed by atoms with Crippen molar-refractivity contribution in [1.82, 2.24) is 14.7 Å². The van der Waals surface area contributed by atoms with E-state index in [2.05, 4.69) is 40.1 Å². The molecular formula is C25H33N3O2. The number of nitrogens with zero attached hydrogens (tertiary/aromatic N) is 3. The Morgan fingerprint density at radius 1 is 1.00 bits per heavy atom. The largest absolute Gasteiger partial charge is 0.392 e. The summed E-state index contributed by atoms with van der Waals surface area (Å²) in [5, 5.41) is 10.3. The lowest BCUT2D eigenvalue weighted by atomic mass is 10.0. The second-order valence-corrected chi connectivity index (χ2v) is 8.77. The molecule has 2 fully saturated rings. The van der Waals surface area contributed by atoms with Crippen LogP contribution < -0.4 is 0 Å². The number of aliphatic hydroxyl groups excluding tert-OH is 1. The van der Waals surface area contributed by atoms with Crippen LogP contribution in [0.4, 0.5) is 0 Å². The van der Waals surface area contributed by atoms with Crippen molar-refractivity contribution in [3.05, 3.63) is 71.8 Å². The van der Waals surface area contributed by atoms with Gasteiger partial charge in [0.1, 0.15) is 0 Å². The number of likely N-dealkylation sites (tertiary alicyclic amines) is 2. The molecular weight excluding hydrogens is 374 g/mol. The Morgan fingerprint density at radius 3 is 2.23 bits per heavy atom. The summed E-state index contributed by atoms with van der Waals surface area (Å²) in [6, 6.07) is 20.9. The van der Waals surface area contributed by atoms with Crippen LogP contribution in [-0.2, 0) is 17.9 Å². The lowest BCUT2D eigenvalue weighted by Gasteiger charge is -2.39. The average molecular weight is 408 g/mol. The molecule has 2 saturated heterocycles. The molecule has 2 atom stereocenters. The molecule has 5 heteroatoms. The van der Waals surface area contributed by atoms with Gasteiger partial charge in [0.25, 0.3) is 0 Å². The first kappa shape index (κ1) is 21.0. The zero-order valence-electron chi connectivity index (χ0n) is 17.9. The molecule has 4 rings (SSSR count). The summed E-state index contributed by atoms with van der Waals surface area (Å²) in [4.78, 5) is 19.8. The first-order valence-corrected chi connectivity index (χ1v) is 11.1. The van der Waals surface area contributed by atoms with Crippen LogP contribution in [0.1, 0.15) is 30.4 Å². The first-order chi connectivity index (χ1) is 14.6. The van der Waals surface area contributed by atoms with Crippen LogP contribution in [0.15, 0.2) is 60.7 Å². The van der Waals surface area contributed by atoms with Gasteiger partial charge in [-0.3, -0.25) is 14.6 Å². The monoisotopic (exact) mass is 407 g/mol. The van der Waals surface area contributed by atoms with E-state index < -0.39 is 6.10 Å². The number of hydrogen-bond donors (Lipinski definition) is 1. The molecule has 30 heavy (non-hydrogen) atoms. The summed E-state index contributed by atoms with van der Waals surface area (Å²) < 4.78 is 0. The number of piperidine rings is 1. The van der Waals surface area contributed by atoms with E-state index in [1.165, 1.54) is 5.56 Å². The predicted octanol–water partition coefficient (Wildman–Crippen LogP) is 2.74. The number of benzene rings is 2. The fourth-order valence-corrected chi connectivity index (χ4v) is 4.92. The zero-order chi connectivity index (χ0) is 20.9. The molecule has 0 bridgehead atoms. The molecule has 0 radical (unpaired) electrons. The Labute approximate surface area is 179 Å². The van der Waals surface area contributed by atoms with Gasteiger partial charge in [-0.1, -0.05) is 60.7 Å². The molecule has 0 aliphatic carbocycles. The van der Waals surface area contributed by atoms with E-state index in [4.69, 9.17) is 0 Å². The number of carbonyl (C=O) groups is 1. The van der Waals surface area contributed by atoms with Crippen LogP contribution in [0.3, 0.4) is 0 Å². The predicted molar refractivity (Wildman–Crippen MR) is 119 cm³/mol. The molecule has 5 nitrogen and oxygen atoms in total. The number of carbonyl (C=O) groups excluding carboxylic acids is 1. The molecule has 0 spiro atoms. The molecule has 2 heterocycles. The van der Waals surface area contributed by atoms with Gasteiger partial charge in [-0.05, 0) is 43.5 Å². The van der Waals surface area contributed by atoms with E-state index in [-0.39, 0.29) is 11.9 Å². The van der Waals surface area contributed by atoms with Crippen LogP contribution in [0.5, 0.6) is 0 Å². The number of amides is 1. The summed E-state index contributed by atoms with van der Waals surface area (Å²) >= 11 is 0. The molecule has 2 aromatic carbocycles. The van der Waals surface area contributed by atoms with E-state index in [1.807, 2.05) is 42.3 Å². The van der Waals surface area contributed by atoms with Crippen molar-refractivity contribution < 1.29 is 9.90 Å². The third-order valence-corrected chi connectivity index (χ3v) is 6.52. The standard InChI is InChI=1S/C25H33N3O2/c1-26(17-20-8-4-2-5-9-20)25(30)24-16-23(29)19-28(24)22-12-14-27(15-13-22)18-21-10-6-3-7-11-21/h2-11,22-24,29H,12-19H2,1H3/t23-,24+/m1/s1. The van der Waals surface area contributed by atoms with Crippen molar-refractivity contribution in [2.75, 3.05) is 26.7 Å². The maximum absolute atomic E-state index is 13.2. The maximum atomic E-state index is 13.2. The third kappa shape index (κ3) is 5.09. The number of likely N-dealkylation sites (N-methyl/N-ethyl adjacent to an activating group) is 1. The highest BCUT2D eigenvalue weighted by Crippen LogP contribution is 2.28. The zero-order valence-corrected chi connectivity index (χ0v) is 17.9.